The van der Waals surface area contributed by atoms with E-state index in [2.05, 4.69) is 4.74 Å². The lowest BCUT2D eigenvalue weighted by Gasteiger charge is -2.41. The van der Waals surface area contributed by atoms with Crippen LogP contribution in [0.15, 0.2) is 66.7 Å². The van der Waals surface area contributed by atoms with Gasteiger partial charge in [-0.3, -0.25) is 14.4 Å². The number of aryl methyl sites for hydroxylation is 3. The van der Waals surface area contributed by atoms with E-state index in [-0.39, 0.29) is 22.4 Å². The number of hydrogen-bond donors (Lipinski definition) is 0. The van der Waals surface area contributed by atoms with Crippen molar-refractivity contribution in [2.75, 3.05) is 7.11 Å². The molecule has 0 aliphatic heterocycles. The van der Waals surface area contributed by atoms with Crippen LogP contribution in [0.1, 0.15) is 75.5 Å². The molecule has 0 saturated carbocycles. The number of methoxy groups -OCH3 is 1. The molecule has 0 bridgehead atoms. The topological polar surface area (TPSA) is 110 Å². The van der Waals surface area contributed by atoms with Crippen molar-refractivity contribution < 1.29 is 33.4 Å². The summed E-state index contributed by atoms with van der Waals surface area (Å²) >= 11 is 0. The predicted octanol–water partition coefficient (Wildman–Crippen LogP) is 5.08. The van der Waals surface area contributed by atoms with E-state index in [1.807, 2.05) is 26.8 Å². The smallest absolute Gasteiger partial charge is 0.404 e. The maximum atomic E-state index is 14.0. The van der Waals surface area contributed by atoms with Crippen molar-refractivity contribution in [3.8, 4) is 5.75 Å². The third kappa shape index (κ3) is 7.25. The second-order valence-corrected chi connectivity index (χ2v) is 10.5. The average Bonchev–Trinajstić information content (AvgIpc) is 2.93. The number of carbonyl (C=O) groups is 5. The number of rotatable bonds is 5. The van der Waals surface area contributed by atoms with Gasteiger partial charge in [0.25, 0.3) is 11.8 Å². The maximum Gasteiger partial charge on any atom is 0.404 e. The second kappa shape index (κ2) is 12.6. The highest BCUT2D eigenvalue weighted by Gasteiger charge is 2.43. The number of amides is 3. The fourth-order valence-corrected chi connectivity index (χ4v) is 4.24. The van der Waals surface area contributed by atoms with Crippen molar-refractivity contribution in [2.45, 2.75) is 53.5 Å². The van der Waals surface area contributed by atoms with E-state index in [1.54, 1.807) is 45.0 Å². The highest BCUT2D eigenvalue weighted by Crippen LogP contribution is 2.25. The molecule has 0 aliphatic carbocycles. The van der Waals surface area contributed by atoms with Gasteiger partial charge in [0.05, 0.1) is 18.2 Å². The summed E-state index contributed by atoms with van der Waals surface area (Å²) in [5.74, 6) is -5.13. The van der Waals surface area contributed by atoms with E-state index in [4.69, 9.17) is 4.74 Å². The molecule has 0 radical (unpaired) electrons. The number of ether oxygens (including phenoxy) is 2. The van der Waals surface area contributed by atoms with E-state index in [1.165, 1.54) is 43.5 Å². The van der Waals surface area contributed by atoms with Crippen LogP contribution in [0, 0.1) is 13.8 Å². The lowest BCUT2D eigenvalue weighted by molar-refractivity contribution is -0.161. The van der Waals surface area contributed by atoms with Gasteiger partial charge >= 0.3 is 17.8 Å². The van der Waals surface area contributed by atoms with Crippen molar-refractivity contribution >= 4 is 29.7 Å². The summed E-state index contributed by atoms with van der Waals surface area (Å²) in [5.41, 5.74) is 1.88. The number of carbonyl (C=O) groups excluding carboxylic acids is 5. The molecule has 0 aliphatic rings. The van der Waals surface area contributed by atoms with Crippen LogP contribution < -0.4 is 4.74 Å². The van der Waals surface area contributed by atoms with Gasteiger partial charge in [-0.05, 0) is 89.1 Å². The molecule has 0 aromatic heterocycles. The van der Waals surface area contributed by atoms with Crippen LogP contribution in [0.25, 0.3) is 0 Å². The molecule has 41 heavy (non-hydrogen) atoms. The molecule has 9 nitrogen and oxygen atoms in total. The Morgan fingerprint density at radius 2 is 1.37 bits per heavy atom. The lowest BCUT2D eigenvalue weighted by atomic mass is 10.0. The molecule has 0 heterocycles. The first kappa shape index (κ1) is 30.7. The minimum absolute atomic E-state index is 0.0931. The molecule has 0 saturated heterocycles. The summed E-state index contributed by atoms with van der Waals surface area (Å²) in [6.45, 7) is 10.6. The SMILES string of the molecule is CCc1ccc(C(=O)N(C(=O)C(=O)Oc2cccc(C(=O)OC)c2)N(C(=O)c2cc(C)cc(C)c2)C(C)(C)C)cc1. The van der Waals surface area contributed by atoms with Gasteiger partial charge in [0.15, 0.2) is 0 Å². The summed E-state index contributed by atoms with van der Waals surface area (Å²) in [7, 11) is 1.20. The minimum atomic E-state index is -1.42. The summed E-state index contributed by atoms with van der Waals surface area (Å²) in [4.78, 5) is 66.8. The Hall–Kier alpha value is -4.79. The Bertz CT molecular complexity index is 1470. The molecule has 3 aromatic rings. The Morgan fingerprint density at radius 3 is 1.90 bits per heavy atom. The maximum absolute atomic E-state index is 14.0. The molecule has 0 unspecified atom stereocenters. The van der Waals surface area contributed by atoms with Crippen molar-refractivity contribution in [3.63, 3.8) is 0 Å². The molecule has 3 rings (SSSR count). The Morgan fingerprint density at radius 1 is 0.756 bits per heavy atom. The third-order valence-corrected chi connectivity index (χ3v) is 6.13. The summed E-state index contributed by atoms with van der Waals surface area (Å²) in [5, 5.41) is 1.51. The van der Waals surface area contributed by atoms with Gasteiger partial charge in [0, 0.05) is 11.1 Å². The van der Waals surface area contributed by atoms with Gasteiger partial charge in [0.1, 0.15) is 5.75 Å². The first-order valence-corrected chi connectivity index (χ1v) is 13.1. The zero-order chi connectivity index (χ0) is 30.5. The standard InChI is InChI=1S/C32H34N2O7/c1-8-22-12-14-23(15-13-22)27(35)33(29(37)31(39)41-26-11-9-10-24(19-26)30(38)40-7)34(32(4,5)6)28(36)25-17-20(2)16-21(3)18-25/h9-19H,8H2,1-7H3. The van der Waals surface area contributed by atoms with Crippen LogP contribution >= 0.6 is 0 Å². The van der Waals surface area contributed by atoms with Crippen molar-refractivity contribution in [3.05, 3.63) is 100 Å². The zero-order valence-electron chi connectivity index (χ0n) is 24.3. The van der Waals surface area contributed by atoms with Crippen LogP contribution in [-0.4, -0.2) is 52.3 Å². The highest BCUT2D eigenvalue weighted by molar-refractivity contribution is 6.37. The predicted molar refractivity (Wildman–Crippen MR) is 152 cm³/mol. The van der Waals surface area contributed by atoms with Crippen molar-refractivity contribution in [2.24, 2.45) is 0 Å². The van der Waals surface area contributed by atoms with Crippen LogP contribution in [0.5, 0.6) is 5.75 Å². The Balaban J connectivity index is 2.11. The van der Waals surface area contributed by atoms with Crippen LogP contribution in [-0.2, 0) is 20.7 Å². The molecule has 0 atom stereocenters. The second-order valence-electron chi connectivity index (χ2n) is 10.5. The monoisotopic (exact) mass is 558 g/mol. The molecule has 3 amide bonds. The summed E-state index contributed by atoms with van der Waals surface area (Å²) in [6, 6.07) is 17.2. The quantitative estimate of drug-likeness (QED) is 0.186. The van der Waals surface area contributed by atoms with E-state index < -0.39 is 35.2 Å². The van der Waals surface area contributed by atoms with Crippen molar-refractivity contribution in [1.29, 1.82) is 0 Å². The molecule has 9 heteroatoms. The minimum Gasteiger partial charge on any atom is -0.465 e. The van der Waals surface area contributed by atoms with Crippen molar-refractivity contribution in [1.82, 2.24) is 10.0 Å². The summed E-state index contributed by atoms with van der Waals surface area (Å²) < 4.78 is 9.96. The Kier molecular flexibility index (Phi) is 9.44. The molecule has 0 N–H and O–H groups in total. The number of benzene rings is 3. The fraction of sp³-hybridized carbons (Fsp3) is 0.281. The van der Waals surface area contributed by atoms with Gasteiger partial charge in [0.2, 0.25) is 0 Å². The number of hydrogen-bond acceptors (Lipinski definition) is 7. The molecular formula is C32H34N2O7. The normalized spacial score (nSPS) is 10.9. The van der Waals surface area contributed by atoms with Crippen LogP contribution in [0.2, 0.25) is 0 Å². The Labute approximate surface area is 239 Å². The summed E-state index contributed by atoms with van der Waals surface area (Å²) in [6.07, 6.45) is 0.730. The van der Waals surface area contributed by atoms with E-state index in [9.17, 15) is 24.0 Å². The molecule has 214 valence electrons. The molecule has 0 spiro atoms. The van der Waals surface area contributed by atoms with Gasteiger partial charge in [-0.15, -0.1) is 0 Å². The number of hydrazine groups is 1. The lowest BCUT2D eigenvalue weighted by Crippen LogP contribution is -2.62. The van der Waals surface area contributed by atoms with Crippen LogP contribution in [0.3, 0.4) is 0 Å². The molecule has 0 fully saturated rings. The van der Waals surface area contributed by atoms with E-state index in [0.717, 1.165) is 28.1 Å². The first-order chi connectivity index (χ1) is 19.3. The van der Waals surface area contributed by atoms with Gasteiger partial charge < -0.3 is 9.47 Å². The first-order valence-electron chi connectivity index (χ1n) is 13.1. The van der Waals surface area contributed by atoms with Gasteiger partial charge in [-0.2, -0.15) is 5.01 Å². The average molecular weight is 559 g/mol. The van der Waals surface area contributed by atoms with Gasteiger partial charge in [-0.25, -0.2) is 14.6 Å². The molecule has 3 aromatic carbocycles. The van der Waals surface area contributed by atoms with E-state index in [0.29, 0.717) is 5.01 Å². The van der Waals surface area contributed by atoms with E-state index >= 15 is 0 Å². The largest absolute Gasteiger partial charge is 0.465 e. The third-order valence-electron chi connectivity index (χ3n) is 6.13. The number of imide groups is 1. The van der Waals surface area contributed by atoms with Crippen LogP contribution in [0.4, 0.5) is 0 Å². The van der Waals surface area contributed by atoms with Gasteiger partial charge in [-0.1, -0.05) is 42.3 Å². The molecular weight excluding hydrogens is 524 g/mol. The zero-order valence-corrected chi connectivity index (χ0v) is 24.3. The fourth-order valence-electron chi connectivity index (χ4n) is 4.24. The number of esters is 2. The highest BCUT2D eigenvalue weighted by atomic mass is 16.5. The number of nitrogens with zero attached hydrogens (tertiary/aromatic N) is 2.